The number of barbiturate groups is 1. The molecule has 5 heteroatoms. The predicted octanol–water partition coefficient (Wildman–Crippen LogP) is 1.50. The predicted molar refractivity (Wildman–Crippen MR) is 63.1 cm³/mol. The van der Waals surface area contributed by atoms with E-state index in [2.05, 4.69) is 17.6 Å². The highest BCUT2D eigenvalue weighted by molar-refractivity contribution is 6.20. The van der Waals surface area contributed by atoms with Crippen molar-refractivity contribution in [3.8, 4) is 0 Å². The van der Waals surface area contributed by atoms with Gasteiger partial charge in [0.1, 0.15) is 5.41 Å². The van der Waals surface area contributed by atoms with E-state index >= 15 is 0 Å². The summed E-state index contributed by atoms with van der Waals surface area (Å²) >= 11 is 0. The van der Waals surface area contributed by atoms with Gasteiger partial charge < -0.3 is 0 Å². The molecule has 0 aromatic carbocycles. The zero-order chi connectivity index (χ0) is 12.9. The Morgan fingerprint density at radius 1 is 1.12 bits per heavy atom. The molecule has 0 saturated carbocycles. The molecular weight excluding hydrogens is 220 g/mol. The van der Waals surface area contributed by atoms with Gasteiger partial charge in [-0.3, -0.25) is 20.2 Å². The molecular formula is C12H18N2O3. The van der Waals surface area contributed by atoms with Crippen molar-refractivity contribution < 1.29 is 14.4 Å². The van der Waals surface area contributed by atoms with Crippen LogP contribution in [0.4, 0.5) is 4.79 Å². The third kappa shape index (κ3) is 2.72. The molecule has 5 nitrogen and oxygen atoms in total. The molecule has 0 bridgehead atoms. The number of rotatable bonds is 5. The number of amides is 4. The monoisotopic (exact) mass is 238 g/mol. The molecule has 1 rings (SSSR count). The number of unbranched alkanes of at least 4 members (excludes halogenated alkanes) is 2. The number of urea groups is 1. The molecule has 0 radical (unpaired) electrons. The van der Waals surface area contributed by atoms with Gasteiger partial charge in [0.15, 0.2) is 0 Å². The van der Waals surface area contributed by atoms with Crippen LogP contribution in [0, 0.1) is 5.41 Å². The summed E-state index contributed by atoms with van der Waals surface area (Å²) < 4.78 is 0. The summed E-state index contributed by atoms with van der Waals surface area (Å²) in [6.45, 7) is 3.82. The zero-order valence-electron chi connectivity index (χ0n) is 10.2. The molecule has 1 aliphatic heterocycles. The molecule has 1 aliphatic rings. The molecule has 94 valence electrons. The summed E-state index contributed by atoms with van der Waals surface area (Å²) in [7, 11) is 0. The molecule has 2 N–H and O–H groups in total. The Bertz CT molecular complexity index is 341. The summed E-state index contributed by atoms with van der Waals surface area (Å²) in [6, 6.07) is -0.744. The fourth-order valence-electron chi connectivity index (χ4n) is 1.76. The lowest BCUT2D eigenvalue weighted by atomic mass is 9.81. The van der Waals surface area contributed by atoms with Crippen molar-refractivity contribution in [2.75, 3.05) is 0 Å². The Balaban J connectivity index is 2.85. The van der Waals surface area contributed by atoms with Crippen LogP contribution in [0.15, 0.2) is 12.2 Å². The number of hydrogen-bond donors (Lipinski definition) is 2. The normalized spacial score (nSPS) is 19.3. The maximum absolute atomic E-state index is 11.8. The van der Waals surface area contributed by atoms with E-state index in [4.69, 9.17) is 0 Å². The molecule has 1 heterocycles. The Labute approximate surface area is 101 Å². The van der Waals surface area contributed by atoms with Gasteiger partial charge in [-0.25, -0.2) is 4.79 Å². The van der Waals surface area contributed by atoms with Gasteiger partial charge in [-0.15, -0.1) is 0 Å². The van der Waals surface area contributed by atoms with Gasteiger partial charge in [0.2, 0.25) is 11.8 Å². The Kier molecular flexibility index (Phi) is 4.43. The van der Waals surface area contributed by atoms with E-state index in [0.29, 0.717) is 6.42 Å². The molecule has 1 saturated heterocycles. The number of carbonyl (C=O) groups excluding carboxylic acids is 3. The first-order valence-electron chi connectivity index (χ1n) is 5.91. The first-order chi connectivity index (χ1) is 8.06. The number of carbonyl (C=O) groups is 3. The smallest absolute Gasteiger partial charge is 0.277 e. The minimum Gasteiger partial charge on any atom is -0.277 e. The average Bonchev–Trinajstić information content (AvgIpc) is 2.27. The third-order valence-electron chi connectivity index (χ3n) is 2.95. The maximum Gasteiger partial charge on any atom is 0.328 e. The maximum atomic E-state index is 11.8. The van der Waals surface area contributed by atoms with Crippen molar-refractivity contribution in [3.05, 3.63) is 12.2 Å². The molecule has 0 aliphatic carbocycles. The van der Waals surface area contributed by atoms with Crippen LogP contribution >= 0.6 is 0 Å². The van der Waals surface area contributed by atoms with Crippen molar-refractivity contribution in [2.45, 2.75) is 39.5 Å². The van der Waals surface area contributed by atoms with E-state index in [-0.39, 0.29) is 0 Å². The van der Waals surface area contributed by atoms with Gasteiger partial charge in [0.05, 0.1) is 0 Å². The van der Waals surface area contributed by atoms with Crippen molar-refractivity contribution in [3.63, 3.8) is 0 Å². The molecule has 0 aromatic rings. The first kappa shape index (κ1) is 13.4. The number of allylic oxidation sites excluding steroid dienone is 1. The van der Waals surface area contributed by atoms with Gasteiger partial charge in [-0.1, -0.05) is 38.8 Å². The summed E-state index contributed by atoms with van der Waals surface area (Å²) in [5.41, 5.74) is -1.23. The summed E-state index contributed by atoms with van der Waals surface area (Å²) in [4.78, 5) is 34.6. The lowest BCUT2D eigenvalue weighted by Crippen LogP contribution is -2.61. The van der Waals surface area contributed by atoms with Crippen LogP contribution in [0.3, 0.4) is 0 Å². The van der Waals surface area contributed by atoms with E-state index < -0.39 is 23.3 Å². The molecule has 0 aromatic heterocycles. The average molecular weight is 238 g/mol. The Morgan fingerprint density at radius 2 is 1.71 bits per heavy atom. The van der Waals surface area contributed by atoms with Crippen LogP contribution < -0.4 is 10.6 Å². The number of hydrogen-bond acceptors (Lipinski definition) is 3. The van der Waals surface area contributed by atoms with Crippen LogP contribution in [0.2, 0.25) is 0 Å². The topological polar surface area (TPSA) is 75.3 Å². The molecule has 1 fully saturated rings. The van der Waals surface area contributed by atoms with E-state index in [0.717, 1.165) is 19.3 Å². The number of imide groups is 2. The number of nitrogens with one attached hydrogen (secondary N) is 2. The third-order valence-corrected chi connectivity index (χ3v) is 2.95. The largest absolute Gasteiger partial charge is 0.328 e. The summed E-state index contributed by atoms with van der Waals surface area (Å²) in [5.74, 6) is -1.08. The fourth-order valence-corrected chi connectivity index (χ4v) is 1.76. The molecule has 17 heavy (non-hydrogen) atoms. The highest BCUT2D eigenvalue weighted by Crippen LogP contribution is 2.27. The quantitative estimate of drug-likeness (QED) is 0.433. The van der Waals surface area contributed by atoms with E-state index in [9.17, 15) is 14.4 Å². The second-order valence-corrected chi connectivity index (χ2v) is 4.11. The van der Waals surface area contributed by atoms with Crippen LogP contribution in [0.25, 0.3) is 0 Å². The molecule has 4 amide bonds. The molecule has 0 spiro atoms. The standard InChI is InChI=1S/C12H18N2O3/c1-3-5-6-7-8-12(4-2)9(15)13-11(17)14-10(12)16/h7-8H,3-6H2,1-2H3,(H2,13,14,15,16,17). The van der Waals surface area contributed by atoms with Gasteiger partial charge in [-0.05, 0) is 12.8 Å². The van der Waals surface area contributed by atoms with Crippen molar-refractivity contribution in [2.24, 2.45) is 5.41 Å². The highest BCUT2D eigenvalue weighted by Gasteiger charge is 2.46. The van der Waals surface area contributed by atoms with E-state index in [1.165, 1.54) is 0 Å². The lowest BCUT2D eigenvalue weighted by molar-refractivity contribution is -0.141. The Morgan fingerprint density at radius 3 is 2.18 bits per heavy atom. The fraction of sp³-hybridized carbons (Fsp3) is 0.583. The first-order valence-corrected chi connectivity index (χ1v) is 5.91. The van der Waals surface area contributed by atoms with Gasteiger partial charge in [0.25, 0.3) is 0 Å². The SMILES string of the molecule is CCCCC=CC1(CC)C(=O)NC(=O)NC1=O. The van der Waals surface area contributed by atoms with E-state index in [1.54, 1.807) is 13.0 Å². The van der Waals surface area contributed by atoms with Gasteiger partial charge in [-0.2, -0.15) is 0 Å². The van der Waals surface area contributed by atoms with Crippen molar-refractivity contribution in [1.29, 1.82) is 0 Å². The van der Waals surface area contributed by atoms with Crippen LogP contribution in [-0.4, -0.2) is 17.8 Å². The lowest BCUT2D eigenvalue weighted by Gasteiger charge is -2.30. The zero-order valence-corrected chi connectivity index (χ0v) is 10.2. The van der Waals surface area contributed by atoms with Crippen molar-refractivity contribution in [1.82, 2.24) is 10.6 Å². The van der Waals surface area contributed by atoms with Crippen LogP contribution in [0.5, 0.6) is 0 Å². The van der Waals surface area contributed by atoms with E-state index in [1.807, 2.05) is 6.08 Å². The van der Waals surface area contributed by atoms with Gasteiger partial charge in [0, 0.05) is 0 Å². The Hall–Kier alpha value is -1.65. The second kappa shape index (κ2) is 5.61. The summed E-state index contributed by atoms with van der Waals surface area (Å²) in [5, 5.41) is 4.26. The van der Waals surface area contributed by atoms with Crippen molar-refractivity contribution >= 4 is 17.8 Å². The van der Waals surface area contributed by atoms with Crippen LogP contribution in [-0.2, 0) is 9.59 Å². The minimum atomic E-state index is -1.23. The molecule has 0 atom stereocenters. The minimum absolute atomic E-state index is 0.334. The summed E-state index contributed by atoms with van der Waals surface area (Å²) in [6.07, 6.45) is 6.67. The van der Waals surface area contributed by atoms with Crippen LogP contribution in [0.1, 0.15) is 39.5 Å². The highest BCUT2D eigenvalue weighted by atomic mass is 16.2. The second-order valence-electron chi connectivity index (χ2n) is 4.11. The van der Waals surface area contributed by atoms with Gasteiger partial charge >= 0.3 is 6.03 Å². The molecule has 0 unspecified atom stereocenters.